The molecule has 0 spiro atoms. The highest BCUT2D eigenvalue weighted by Crippen LogP contribution is 2.24. The zero-order valence-electron chi connectivity index (χ0n) is 10.8. The van der Waals surface area contributed by atoms with Crippen molar-refractivity contribution < 1.29 is 4.74 Å². The first-order chi connectivity index (χ1) is 9.40. The first-order valence-electron chi connectivity index (χ1n) is 6.25. The van der Waals surface area contributed by atoms with Crippen LogP contribution in [0.15, 0.2) is 48.8 Å². The number of benzene rings is 1. The molecule has 3 aromatic rings. The Hall–Kier alpha value is -2.20. The summed E-state index contributed by atoms with van der Waals surface area (Å²) in [7, 11) is 1.71. The monoisotopic (exact) mass is 253 g/mol. The van der Waals surface area contributed by atoms with Crippen molar-refractivity contribution in [2.45, 2.75) is 6.54 Å². The Labute approximate surface area is 111 Å². The van der Waals surface area contributed by atoms with Gasteiger partial charge in [-0.25, -0.2) is 4.98 Å². The van der Waals surface area contributed by atoms with Gasteiger partial charge < -0.3 is 9.30 Å². The summed E-state index contributed by atoms with van der Waals surface area (Å²) in [6.07, 6.45) is 3.57. The van der Waals surface area contributed by atoms with E-state index in [0.717, 1.165) is 29.0 Å². The molecule has 0 fully saturated rings. The second kappa shape index (κ2) is 5.20. The molecule has 0 amide bonds. The Bertz CT molecular complexity index is 676. The van der Waals surface area contributed by atoms with Crippen molar-refractivity contribution in [3.63, 3.8) is 0 Å². The van der Waals surface area contributed by atoms with Gasteiger partial charge in [0, 0.05) is 31.6 Å². The number of methoxy groups -OCH3 is 1. The van der Waals surface area contributed by atoms with Crippen LogP contribution in [0.5, 0.6) is 0 Å². The highest BCUT2D eigenvalue weighted by Gasteiger charge is 2.11. The van der Waals surface area contributed by atoms with Crippen LogP contribution in [-0.2, 0) is 11.3 Å². The van der Waals surface area contributed by atoms with Crippen molar-refractivity contribution in [2.75, 3.05) is 13.7 Å². The molecule has 96 valence electrons. The normalized spacial score (nSPS) is 11.0. The highest BCUT2D eigenvalue weighted by atomic mass is 16.5. The molecule has 0 aliphatic rings. The van der Waals surface area contributed by atoms with Crippen molar-refractivity contribution in [3.05, 3.63) is 48.8 Å². The Kier molecular flexibility index (Phi) is 3.25. The van der Waals surface area contributed by atoms with Crippen LogP contribution in [0.4, 0.5) is 0 Å². The lowest BCUT2D eigenvalue weighted by atomic mass is 10.2. The van der Waals surface area contributed by atoms with Crippen LogP contribution in [0.1, 0.15) is 0 Å². The lowest BCUT2D eigenvalue weighted by Gasteiger charge is -2.08. The van der Waals surface area contributed by atoms with Crippen molar-refractivity contribution in [2.24, 2.45) is 0 Å². The number of nitrogens with zero attached hydrogens (tertiary/aromatic N) is 3. The second-order valence-electron chi connectivity index (χ2n) is 4.30. The Morgan fingerprint density at radius 1 is 1.11 bits per heavy atom. The number of imidazole rings is 1. The zero-order valence-corrected chi connectivity index (χ0v) is 10.8. The molecule has 0 radical (unpaired) electrons. The minimum absolute atomic E-state index is 0.665. The largest absolute Gasteiger partial charge is 0.383 e. The van der Waals surface area contributed by atoms with Crippen LogP contribution >= 0.6 is 0 Å². The third kappa shape index (κ3) is 2.22. The van der Waals surface area contributed by atoms with Gasteiger partial charge in [0.25, 0.3) is 0 Å². The predicted molar refractivity (Wildman–Crippen MR) is 74.8 cm³/mol. The van der Waals surface area contributed by atoms with E-state index in [1.807, 2.05) is 30.3 Å². The van der Waals surface area contributed by atoms with E-state index >= 15 is 0 Å². The third-order valence-electron chi connectivity index (χ3n) is 3.11. The van der Waals surface area contributed by atoms with Crippen LogP contribution in [0.25, 0.3) is 22.4 Å². The average Bonchev–Trinajstić information content (AvgIpc) is 2.85. The summed E-state index contributed by atoms with van der Waals surface area (Å²) < 4.78 is 7.38. The molecule has 0 bridgehead atoms. The maximum Gasteiger partial charge on any atom is 0.141 e. The quantitative estimate of drug-likeness (QED) is 0.717. The molecule has 0 saturated carbocycles. The maximum absolute atomic E-state index is 5.19. The number of fused-ring (bicyclic) bond motifs is 1. The topological polar surface area (TPSA) is 39.9 Å². The molecule has 2 aromatic heterocycles. The van der Waals surface area contributed by atoms with Crippen LogP contribution in [-0.4, -0.2) is 28.3 Å². The van der Waals surface area contributed by atoms with Gasteiger partial charge in [0.05, 0.1) is 17.6 Å². The number of pyridine rings is 1. The molecule has 0 N–H and O–H groups in total. The molecule has 0 saturated heterocycles. The maximum atomic E-state index is 5.19. The third-order valence-corrected chi connectivity index (χ3v) is 3.11. The number of hydrogen-bond donors (Lipinski definition) is 0. The molecule has 3 rings (SSSR count). The van der Waals surface area contributed by atoms with Crippen LogP contribution in [0, 0.1) is 0 Å². The van der Waals surface area contributed by atoms with Gasteiger partial charge in [-0.05, 0) is 24.3 Å². The lowest BCUT2D eigenvalue weighted by Crippen LogP contribution is -2.05. The summed E-state index contributed by atoms with van der Waals surface area (Å²) in [4.78, 5) is 8.77. The van der Waals surface area contributed by atoms with E-state index in [4.69, 9.17) is 9.72 Å². The van der Waals surface area contributed by atoms with Crippen LogP contribution < -0.4 is 0 Å². The van der Waals surface area contributed by atoms with Gasteiger partial charge in [0.1, 0.15) is 5.82 Å². The smallest absolute Gasteiger partial charge is 0.141 e. The number of para-hydroxylation sites is 2. The van der Waals surface area contributed by atoms with E-state index in [1.54, 1.807) is 19.5 Å². The van der Waals surface area contributed by atoms with Gasteiger partial charge in [-0.3, -0.25) is 4.98 Å². The van der Waals surface area contributed by atoms with Crippen molar-refractivity contribution in [1.82, 2.24) is 14.5 Å². The molecule has 0 aliphatic carbocycles. The van der Waals surface area contributed by atoms with E-state index in [9.17, 15) is 0 Å². The molecule has 19 heavy (non-hydrogen) atoms. The van der Waals surface area contributed by atoms with E-state index in [0.29, 0.717) is 6.61 Å². The first kappa shape index (κ1) is 11.9. The van der Waals surface area contributed by atoms with Gasteiger partial charge in [0.2, 0.25) is 0 Å². The molecule has 1 aromatic carbocycles. The molecule has 4 nitrogen and oxygen atoms in total. The standard InChI is InChI=1S/C15H15N3O/c1-19-11-10-18-14-5-3-2-4-13(14)17-15(18)12-6-8-16-9-7-12/h2-9H,10-11H2,1H3. The summed E-state index contributed by atoms with van der Waals surface area (Å²) >= 11 is 0. The van der Waals surface area contributed by atoms with Gasteiger partial charge in [-0.2, -0.15) is 0 Å². The molecule has 2 heterocycles. The highest BCUT2D eigenvalue weighted by molar-refractivity contribution is 5.80. The fraction of sp³-hybridized carbons (Fsp3) is 0.200. The average molecular weight is 253 g/mol. The van der Waals surface area contributed by atoms with Gasteiger partial charge in [0.15, 0.2) is 0 Å². The lowest BCUT2D eigenvalue weighted by molar-refractivity contribution is 0.188. The van der Waals surface area contributed by atoms with E-state index in [2.05, 4.69) is 15.6 Å². The predicted octanol–water partition coefficient (Wildman–Crippen LogP) is 2.74. The summed E-state index contributed by atoms with van der Waals surface area (Å²) in [5.74, 6) is 0.959. The summed E-state index contributed by atoms with van der Waals surface area (Å²) in [6.45, 7) is 1.45. The van der Waals surface area contributed by atoms with Crippen LogP contribution in [0.3, 0.4) is 0 Å². The molecular weight excluding hydrogens is 238 g/mol. The van der Waals surface area contributed by atoms with Crippen molar-refractivity contribution in [3.8, 4) is 11.4 Å². The fourth-order valence-corrected chi connectivity index (χ4v) is 2.21. The van der Waals surface area contributed by atoms with Gasteiger partial charge in [-0.15, -0.1) is 0 Å². The second-order valence-corrected chi connectivity index (χ2v) is 4.30. The molecule has 0 unspecified atom stereocenters. The van der Waals surface area contributed by atoms with E-state index in [1.165, 1.54) is 0 Å². The summed E-state index contributed by atoms with van der Waals surface area (Å²) in [5, 5.41) is 0. The van der Waals surface area contributed by atoms with E-state index in [-0.39, 0.29) is 0 Å². The van der Waals surface area contributed by atoms with Gasteiger partial charge in [-0.1, -0.05) is 12.1 Å². The molecular formula is C15H15N3O. The SMILES string of the molecule is COCCn1c(-c2ccncc2)nc2ccccc21. The van der Waals surface area contributed by atoms with E-state index < -0.39 is 0 Å². The Balaban J connectivity index is 2.17. The van der Waals surface area contributed by atoms with Crippen molar-refractivity contribution in [1.29, 1.82) is 0 Å². The summed E-state index contributed by atoms with van der Waals surface area (Å²) in [6, 6.07) is 12.1. The zero-order chi connectivity index (χ0) is 13.1. The number of hydrogen-bond acceptors (Lipinski definition) is 3. The Morgan fingerprint density at radius 3 is 2.68 bits per heavy atom. The minimum atomic E-state index is 0.665. The van der Waals surface area contributed by atoms with Crippen molar-refractivity contribution >= 4 is 11.0 Å². The number of rotatable bonds is 4. The van der Waals surface area contributed by atoms with Crippen LogP contribution in [0.2, 0.25) is 0 Å². The summed E-state index contributed by atoms with van der Waals surface area (Å²) in [5.41, 5.74) is 3.21. The molecule has 0 aliphatic heterocycles. The fourth-order valence-electron chi connectivity index (χ4n) is 2.21. The first-order valence-corrected chi connectivity index (χ1v) is 6.25. The molecule has 4 heteroatoms. The number of ether oxygens (including phenoxy) is 1. The van der Waals surface area contributed by atoms with Gasteiger partial charge >= 0.3 is 0 Å². The Morgan fingerprint density at radius 2 is 1.89 bits per heavy atom. The molecule has 0 atom stereocenters. The minimum Gasteiger partial charge on any atom is -0.383 e. The number of aromatic nitrogens is 3.